The van der Waals surface area contributed by atoms with Crippen LogP contribution in [0.4, 0.5) is 0 Å². The largest absolute Gasteiger partial charge is 0.403 e. The molecule has 1 unspecified atom stereocenters. The topological polar surface area (TPSA) is 53.0 Å². The van der Waals surface area contributed by atoms with E-state index >= 15 is 0 Å². The summed E-state index contributed by atoms with van der Waals surface area (Å²) in [5.74, 6) is 0. The van der Waals surface area contributed by atoms with Gasteiger partial charge in [0.2, 0.25) is 0 Å². The van der Waals surface area contributed by atoms with Gasteiger partial charge in [0, 0.05) is 11.9 Å². The van der Waals surface area contributed by atoms with Crippen LogP contribution in [0.3, 0.4) is 0 Å². The van der Waals surface area contributed by atoms with E-state index in [4.69, 9.17) is 11.0 Å². The lowest BCUT2D eigenvalue weighted by molar-refractivity contribution is 0.400. The van der Waals surface area contributed by atoms with Crippen molar-refractivity contribution in [2.45, 2.75) is 32.2 Å². The van der Waals surface area contributed by atoms with E-state index in [1.807, 2.05) is 18.3 Å². The van der Waals surface area contributed by atoms with Gasteiger partial charge in [-0.1, -0.05) is 19.6 Å². The van der Waals surface area contributed by atoms with Crippen molar-refractivity contribution in [3.05, 3.63) is 59.6 Å². The van der Waals surface area contributed by atoms with E-state index in [0.29, 0.717) is 0 Å². The third-order valence-corrected chi connectivity index (χ3v) is 3.74. The third kappa shape index (κ3) is 2.34. The molecule has 2 rings (SSSR count). The van der Waals surface area contributed by atoms with E-state index in [-0.39, 0.29) is 6.04 Å². The number of nitrogens with two attached hydrogens (primary N) is 1. The normalized spacial score (nSPS) is 20.5. The van der Waals surface area contributed by atoms with E-state index in [1.165, 1.54) is 11.1 Å². The first kappa shape index (κ1) is 13.2. The zero-order valence-corrected chi connectivity index (χ0v) is 11.3. The van der Waals surface area contributed by atoms with Crippen LogP contribution in [0.2, 0.25) is 0 Å². The molecule has 1 aliphatic heterocycles. The summed E-state index contributed by atoms with van der Waals surface area (Å²) in [7, 11) is 0. The van der Waals surface area contributed by atoms with Crippen LogP contribution < -0.4 is 5.73 Å². The number of allylic oxidation sites excluding steroid dienone is 1. The molecule has 1 heterocycles. The Labute approximate surface area is 114 Å². The number of nitrogens with zero attached hydrogens (tertiary/aromatic N) is 2. The summed E-state index contributed by atoms with van der Waals surface area (Å²) >= 11 is 0. The van der Waals surface area contributed by atoms with E-state index in [0.717, 1.165) is 30.5 Å². The number of aryl methyl sites for hydroxylation is 1. The molecule has 0 spiro atoms. The molecule has 19 heavy (non-hydrogen) atoms. The lowest BCUT2D eigenvalue weighted by Crippen LogP contribution is -2.17. The Bertz CT molecular complexity index is 552. The van der Waals surface area contributed by atoms with E-state index < -0.39 is 0 Å². The SMILES string of the molecule is C=CN1/C(=C\N)CCC1c1ccc(C#N)cc1CC. The second-order valence-corrected chi connectivity index (χ2v) is 4.68. The molecule has 3 nitrogen and oxygen atoms in total. The minimum Gasteiger partial charge on any atom is -0.403 e. The molecule has 0 radical (unpaired) electrons. The van der Waals surface area contributed by atoms with Gasteiger partial charge < -0.3 is 10.6 Å². The van der Waals surface area contributed by atoms with Gasteiger partial charge in [-0.25, -0.2) is 0 Å². The van der Waals surface area contributed by atoms with E-state index in [1.54, 1.807) is 6.20 Å². The van der Waals surface area contributed by atoms with Crippen LogP contribution in [-0.4, -0.2) is 4.90 Å². The van der Waals surface area contributed by atoms with Gasteiger partial charge in [-0.3, -0.25) is 0 Å². The Hall–Kier alpha value is -2.21. The van der Waals surface area contributed by atoms with Gasteiger partial charge in [0.05, 0.1) is 17.7 Å². The summed E-state index contributed by atoms with van der Waals surface area (Å²) in [6.45, 7) is 6.00. The number of hydrogen-bond acceptors (Lipinski definition) is 3. The number of nitriles is 1. The number of hydrogen-bond donors (Lipinski definition) is 1. The van der Waals surface area contributed by atoms with Gasteiger partial charge in [0.15, 0.2) is 0 Å². The molecule has 0 saturated carbocycles. The van der Waals surface area contributed by atoms with Crippen LogP contribution in [0.25, 0.3) is 0 Å². The highest BCUT2D eigenvalue weighted by molar-refractivity contribution is 5.41. The van der Waals surface area contributed by atoms with Crippen molar-refractivity contribution in [1.29, 1.82) is 5.26 Å². The third-order valence-electron chi connectivity index (χ3n) is 3.74. The lowest BCUT2D eigenvalue weighted by Gasteiger charge is -2.25. The highest BCUT2D eigenvalue weighted by Crippen LogP contribution is 2.39. The highest BCUT2D eigenvalue weighted by atomic mass is 15.2. The molecule has 1 atom stereocenters. The summed E-state index contributed by atoms with van der Waals surface area (Å²) in [6, 6.07) is 8.43. The van der Waals surface area contributed by atoms with Crippen molar-refractivity contribution in [3.63, 3.8) is 0 Å². The minimum atomic E-state index is 0.287. The molecule has 0 bridgehead atoms. The molecule has 3 heteroatoms. The summed E-state index contributed by atoms with van der Waals surface area (Å²) in [5.41, 5.74) is 10.0. The standard InChI is InChI=1S/C16H19N3/c1-3-13-9-12(10-17)5-7-15(13)16-8-6-14(11-18)19(16)4-2/h4-5,7,9,11,16H,2-3,6,8,18H2,1H3/b14-11-. The zero-order chi connectivity index (χ0) is 13.8. The van der Waals surface area contributed by atoms with Crippen LogP contribution in [-0.2, 0) is 6.42 Å². The van der Waals surface area contributed by atoms with Gasteiger partial charge in [-0.05, 0) is 48.7 Å². The molecule has 1 aromatic rings. The molecule has 98 valence electrons. The minimum absolute atomic E-state index is 0.287. The first-order valence-corrected chi connectivity index (χ1v) is 6.59. The first-order chi connectivity index (χ1) is 9.24. The monoisotopic (exact) mass is 253 g/mol. The Balaban J connectivity index is 2.42. The predicted molar refractivity (Wildman–Crippen MR) is 76.8 cm³/mol. The average Bonchev–Trinajstić information content (AvgIpc) is 2.89. The molecule has 1 saturated heterocycles. The smallest absolute Gasteiger partial charge is 0.0991 e. The van der Waals surface area contributed by atoms with Crippen molar-refractivity contribution in [2.24, 2.45) is 5.73 Å². The maximum atomic E-state index is 8.99. The Kier molecular flexibility index (Phi) is 3.91. The second kappa shape index (κ2) is 5.62. The lowest BCUT2D eigenvalue weighted by atomic mass is 9.95. The van der Waals surface area contributed by atoms with Gasteiger partial charge in [-0.2, -0.15) is 5.26 Å². The molecule has 2 N–H and O–H groups in total. The van der Waals surface area contributed by atoms with Crippen molar-refractivity contribution in [1.82, 2.24) is 4.90 Å². The Morgan fingerprint density at radius 1 is 1.58 bits per heavy atom. The average molecular weight is 253 g/mol. The maximum Gasteiger partial charge on any atom is 0.0991 e. The number of benzene rings is 1. The number of likely N-dealkylation sites (tertiary alicyclic amines) is 1. The van der Waals surface area contributed by atoms with Crippen LogP contribution in [0.1, 0.15) is 42.5 Å². The van der Waals surface area contributed by atoms with Gasteiger partial charge in [0.1, 0.15) is 0 Å². The molecular formula is C16H19N3. The highest BCUT2D eigenvalue weighted by Gasteiger charge is 2.28. The molecule has 0 aromatic heterocycles. The fourth-order valence-corrected chi connectivity index (χ4v) is 2.78. The zero-order valence-electron chi connectivity index (χ0n) is 11.3. The number of rotatable bonds is 3. The molecule has 1 fully saturated rings. The van der Waals surface area contributed by atoms with Gasteiger partial charge in [0.25, 0.3) is 0 Å². The van der Waals surface area contributed by atoms with E-state index in [9.17, 15) is 0 Å². The summed E-state index contributed by atoms with van der Waals surface area (Å²) in [6.07, 6.45) is 6.43. The van der Waals surface area contributed by atoms with Gasteiger partial charge in [-0.15, -0.1) is 0 Å². The van der Waals surface area contributed by atoms with Crippen molar-refractivity contribution in [2.75, 3.05) is 0 Å². The van der Waals surface area contributed by atoms with E-state index in [2.05, 4.69) is 30.5 Å². The van der Waals surface area contributed by atoms with Crippen LogP contribution in [0.5, 0.6) is 0 Å². The Morgan fingerprint density at radius 3 is 2.95 bits per heavy atom. The molecular weight excluding hydrogens is 234 g/mol. The second-order valence-electron chi connectivity index (χ2n) is 4.68. The fourth-order valence-electron chi connectivity index (χ4n) is 2.78. The molecule has 1 aromatic carbocycles. The van der Waals surface area contributed by atoms with Crippen molar-refractivity contribution < 1.29 is 0 Å². The quantitative estimate of drug-likeness (QED) is 0.900. The van der Waals surface area contributed by atoms with Gasteiger partial charge >= 0.3 is 0 Å². The maximum absolute atomic E-state index is 8.99. The van der Waals surface area contributed by atoms with Crippen LogP contribution >= 0.6 is 0 Å². The summed E-state index contributed by atoms with van der Waals surface area (Å²) in [5, 5.41) is 8.99. The molecule has 1 aliphatic rings. The van der Waals surface area contributed by atoms with Crippen molar-refractivity contribution in [3.8, 4) is 6.07 Å². The summed E-state index contributed by atoms with van der Waals surface area (Å²) < 4.78 is 0. The Morgan fingerprint density at radius 2 is 2.37 bits per heavy atom. The molecule has 0 aliphatic carbocycles. The molecule has 0 amide bonds. The van der Waals surface area contributed by atoms with Crippen LogP contribution in [0, 0.1) is 11.3 Å². The van der Waals surface area contributed by atoms with Crippen molar-refractivity contribution >= 4 is 0 Å². The fraction of sp³-hybridized carbons (Fsp3) is 0.312. The first-order valence-electron chi connectivity index (χ1n) is 6.59. The summed E-state index contributed by atoms with van der Waals surface area (Å²) in [4.78, 5) is 2.14. The predicted octanol–water partition coefficient (Wildman–Crippen LogP) is 3.20. The van der Waals surface area contributed by atoms with Crippen LogP contribution in [0.15, 0.2) is 42.9 Å².